The number of benzene rings is 1. The zero-order chi connectivity index (χ0) is 12.9. The zero-order valence-electron chi connectivity index (χ0n) is 10.3. The molecule has 1 aromatic rings. The summed E-state index contributed by atoms with van der Waals surface area (Å²) in [6.45, 7) is 1.79. The van der Waals surface area contributed by atoms with Crippen molar-refractivity contribution < 1.29 is 8.42 Å². The largest absolute Gasteiger partial charge is 0.312 e. The molecule has 0 aliphatic rings. The third kappa shape index (κ3) is 3.88. The van der Waals surface area contributed by atoms with Crippen LogP contribution in [0.15, 0.2) is 29.2 Å². The maximum atomic E-state index is 11.5. The van der Waals surface area contributed by atoms with Crippen molar-refractivity contribution >= 4 is 9.84 Å². The van der Waals surface area contributed by atoms with Gasteiger partial charge in [0.05, 0.1) is 4.90 Å². The molecule has 92 valence electrons. The van der Waals surface area contributed by atoms with Crippen molar-refractivity contribution in [2.45, 2.75) is 24.3 Å². The van der Waals surface area contributed by atoms with Gasteiger partial charge in [0.25, 0.3) is 0 Å². The van der Waals surface area contributed by atoms with Gasteiger partial charge < -0.3 is 5.32 Å². The molecule has 0 aliphatic heterocycles. The predicted molar refractivity (Wildman–Crippen MR) is 69.4 cm³/mol. The van der Waals surface area contributed by atoms with E-state index in [-0.39, 0.29) is 6.04 Å². The van der Waals surface area contributed by atoms with Crippen molar-refractivity contribution in [2.75, 3.05) is 13.3 Å². The van der Waals surface area contributed by atoms with E-state index >= 15 is 0 Å². The lowest BCUT2D eigenvalue weighted by molar-refractivity contribution is 0.597. The van der Waals surface area contributed by atoms with Crippen molar-refractivity contribution in [2.24, 2.45) is 0 Å². The van der Waals surface area contributed by atoms with Crippen LogP contribution >= 0.6 is 0 Å². The van der Waals surface area contributed by atoms with Gasteiger partial charge in [0.2, 0.25) is 0 Å². The van der Waals surface area contributed by atoms with Crippen LogP contribution in [0.5, 0.6) is 0 Å². The van der Waals surface area contributed by atoms with Crippen molar-refractivity contribution in [3.05, 3.63) is 29.8 Å². The van der Waals surface area contributed by atoms with E-state index in [2.05, 4.69) is 17.2 Å². The van der Waals surface area contributed by atoms with E-state index < -0.39 is 9.84 Å². The van der Waals surface area contributed by atoms with Crippen LogP contribution in [-0.2, 0) is 9.84 Å². The molecular weight excluding hydrogens is 234 g/mol. The van der Waals surface area contributed by atoms with E-state index in [9.17, 15) is 8.42 Å². The van der Waals surface area contributed by atoms with Crippen LogP contribution in [0.25, 0.3) is 0 Å². The van der Waals surface area contributed by atoms with Crippen LogP contribution in [-0.4, -0.2) is 21.7 Å². The lowest BCUT2D eigenvalue weighted by Crippen LogP contribution is -2.16. The third-order valence-electron chi connectivity index (χ3n) is 2.52. The molecule has 1 rings (SSSR count). The van der Waals surface area contributed by atoms with Crippen LogP contribution in [0.2, 0.25) is 0 Å². The van der Waals surface area contributed by atoms with E-state index in [0.717, 1.165) is 5.56 Å². The fourth-order valence-electron chi connectivity index (χ4n) is 1.55. The average molecular weight is 251 g/mol. The van der Waals surface area contributed by atoms with Gasteiger partial charge in [0.1, 0.15) is 0 Å². The molecule has 0 heterocycles. The summed E-state index contributed by atoms with van der Waals surface area (Å²) in [6, 6.07) is 7.04. The molecule has 0 aromatic heterocycles. The Bertz CT molecular complexity index is 538. The second-order valence-corrected chi connectivity index (χ2v) is 5.83. The first kappa shape index (κ1) is 13.8. The van der Waals surface area contributed by atoms with Crippen molar-refractivity contribution in [1.29, 1.82) is 0 Å². The van der Waals surface area contributed by atoms with E-state index in [1.54, 1.807) is 25.1 Å². The van der Waals surface area contributed by atoms with Crippen molar-refractivity contribution in [1.82, 2.24) is 5.32 Å². The average Bonchev–Trinajstić information content (AvgIpc) is 2.29. The van der Waals surface area contributed by atoms with Gasteiger partial charge in [0, 0.05) is 18.7 Å². The van der Waals surface area contributed by atoms with Gasteiger partial charge in [-0.3, -0.25) is 0 Å². The van der Waals surface area contributed by atoms with Crippen LogP contribution in [0.4, 0.5) is 0 Å². The SMILES string of the molecule is CC#CCC(NC)c1cccc(S(C)(=O)=O)c1. The maximum Gasteiger partial charge on any atom is 0.175 e. The minimum atomic E-state index is -3.15. The summed E-state index contributed by atoms with van der Waals surface area (Å²) in [5, 5.41) is 3.13. The Balaban J connectivity index is 3.08. The standard InChI is InChI=1S/C13H17NO2S/c1-4-5-9-13(14-2)11-7-6-8-12(10-11)17(3,15)16/h6-8,10,13-14H,9H2,1-3H3. The molecule has 4 heteroatoms. The van der Waals surface area contributed by atoms with Crippen molar-refractivity contribution in [3.63, 3.8) is 0 Å². The highest BCUT2D eigenvalue weighted by atomic mass is 32.2. The summed E-state index contributed by atoms with van der Waals surface area (Å²) >= 11 is 0. The molecule has 0 saturated heterocycles. The van der Waals surface area contributed by atoms with E-state index in [0.29, 0.717) is 11.3 Å². The van der Waals surface area contributed by atoms with E-state index in [1.807, 2.05) is 13.1 Å². The monoisotopic (exact) mass is 251 g/mol. The molecule has 0 amide bonds. The highest BCUT2D eigenvalue weighted by Gasteiger charge is 2.12. The molecule has 1 atom stereocenters. The number of nitrogens with one attached hydrogen (secondary N) is 1. The van der Waals surface area contributed by atoms with Crippen LogP contribution < -0.4 is 5.32 Å². The summed E-state index contributed by atoms with van der Waals surface area (Å²) in [5.74, 6) is 5.83. The molecule has 1 N–H and O–H groups in total. The minimum Gasteiger partial charge on any atom is -0.312 e. The quantitative estimate of drug-likeness (QED) is 0.829. The molecule has 1 aromatic carbocycles. The molecule has 1 unspecified atom stereocenters. The fraction of sp³-hybridized carbons (Fsp3) is 0.385. The normalized spacial score (nSPS) is 12.6. The van der Waals surface area contributed by atoms with Crippen LogP contribution in [0, 0.1) is 11.8 Å². The first-order chi connectivity index (χ1) is 7.99. The summed E-state index contributed by atoms with van der Waals surface area (Å²) in [7, 11) is -1.31. The van der Waals surface area contributed by atoms with Gasteiger partial charge in [-0.2, -0.15) is 0 Å². The van der Waals surface area contributed by atoms with Gasteiger partial charge in [-0.15, -0.1) is 11.8 Å². The predicted octanol–water partition coefficient (Wildman–Crippen LogP) is 1.76. The Kier molecular flexibility index (Phi) is 4.73. The first-order valence-electron chi connectivity index (χ1n) is 5.36. The molecule has 0 fully saturated rings. The van der Waals surface area contributed by atoms with E-state index in [4.69, 9.17) is 0 Å². The molecule has 3 nitrogen and oxygen atoms in total. The summed E-state index contributed by atoms with van der Waals surface area (Å²) in [4.78, 5) is 0.347. The van der Waals surface area contributed by atoms with Gasteiger partial charge in [-0.25, -0.2) is 8.42 Å². The third-order valence-corrected chi connectivity index (χ3v) is 3.63. The Morgan fingerprint density at radius 1 is 1.41 bits per heavy atom. The van der Waals surface area contributed by atoms with Gasteiger partial charge in [0.15, 0.2) is 9.84 Å². The summed E-state index contributed by atoms with van der Waals surface area (Å²) < 4.78 is 22.9. The summed E-state index contributed by atoms with van der Waals surface area (Å²) in [5.41, 5.74) is 0.943. The Morgan fingerprint density at radius 2 is 2.12 bits per heavy atom. The molecule has 17 heavy (non-hydrogen) atoms. The topological polar surface area (TPSA) is 46.2 Å². The molecular formula is C13H17NO2S. The van der Waals surface area contributed by atoms with Crippen LogP contribution in [0.3, 0.4) is 0 Å². The second-order valence-electron chi connectivity index (χ2n) is 3.82. The number of hydrogen-bond acceptors (Lipinski definition) is 3. The second kappa shape index (κ2) is 5.85. The summed E-state index contributed by atoms with van der Waals surface area (Å²) in [6.07, 6.45) is 1.88. The molecule has 0 radical (unpaired) electrons. The maximum absolute atomic E-state index is 11.5. The number of sulfone groups is 1. The molecule has 0 bridgehead atoms. The minimum absolute atomic E-state index is 0.0594. The smallest absolute Gasteiger partial charge is 0.175 e. The fourth-order valence-corrected chi connectivity index (χ4v) is 2.23. The molecule has 0 spiro atoms. The molecule has 0 aliphatic carbocycles. The van der Waals surface area contributed by atoms with Gasteiger partial charge >= 0.3 is 0 Å². The van der Waals surface area contributed by atoms with Gasteiger partial charge in [-0.05, 0) is 31.7 Å². The van der Waals surface area contributed by atoms with E-state index in [1.165, 1.54) is 6.26 Å². The van der Waals surface area contributed by atoms with Crippen molar-refractivity contribution in [3.8, 4) is 11.8 Å². The Hall–Kier alpha value is -1.31. The lowest BCUT2D eigenvalue weighted by Gasteiger charge is -2.14. The Labute approximate surface area is 103 Å². The highest BCUT2D eigenvalue weighted by molar-refractivity contribution is 7.90. The van der Waals surface area contributed by atoms with Crippen LogP contribution in [0.1, 0.15) is 24.9 Å². The first-order valence-corrected chi connectivity index (χ1v) is 7.25. The lowest BCUT2D eigenvalue weighted by atomic mass is 10.0. The molecule has 0 saturated carbocycles. The van der Waals surface area contributed by atoms with Gasteiger partial charge in [-0.1, -0.05) is 12.1 Å². The number of rotatable bonds is 4. The zero-order valence-corrected chi connectivity index (χ0v) is 11.1. The highest BCUT2D eigenvalue weighted by Crippen LogP contribution is 2.19. The number of hydrogen-bond donors (Lipinski definition) is 1. The Morgan fingerprint density at radius 3 is 2.65 bits per heavy atom.